The second-order valence-corrected chi connectivity index (χ2v) is 7.57. The van der Waals surface area contributed by atoms with Crippen molar-refractivity contribution in [3.05, 3.63) is 72.3 Å². The van der Waals surface area contributed by atoms with E-state index in [1.165, 1.54) is 12.1 Å². The van der Waals surface area contributed by atoms with Crippen molar-refractivity contribution in [1.82, 2.24) is 0 Å². The molecule has 2 N–H and O–H groups in total. The van der Waals surface area contributed by atoms with Gasteiger partial charge in [-0.3, -0.25) is 4.79 Å². The molecule has 1 aliphatic heterocycles. The lowest BCUT2D eigenvalue weighted by Gasteiger charge is -2.33. The molecule has 30 heavy (non-hydrogen) atoms. The molecule has 4 rings (SSSR count). The SMILES string of the molecule is O=C(C[NH+]1CCN(c2cccc(C(F)(F)F)c2)CC1)Nc1ccc2ccccc2c1. The van der Waals surface area contributed by atoms with E-state index in [9.17, 15) is 18.0 Å². The second kappa shape index (κ2) is 8.36. The third-order valence-electron chi connectivity index (χ3n) is 5.45. The first-order chi connectivity index (χ1) is 14.4. The first-order valence-electron chi connectivity index (χ1n) is 9.93. The average molecular weight is 414 g/mol. The first-order valence-corrected chi connectivity index (χ1v) is 9.93. The molecule has 1 fully saturated rings. The Kier molecular flexibility index (Phi) is 5.63. The number of piperazine rings is 1. The molecule has 3 aromatic rings. The molecule has 0 radical (unpaired) electrons. The van der Waals surface area contributed by atoms with Crippen LogP contribution in [0.2, 0.25) is 0 Å². The van der Waals surface area contributed by atoms with Crippen molar-refractivity contribution < 1.29 is 22.9 Å². The fourth-order valence-corrected chi connectivity index (χ4v) is 3.84. The van der Waals surface area contributed by atoms with Crippen LogP contribution in [-0.2, 0) is 11.0 Å². The van der Waals surface area contributed by atoms with E-state index in [2.05, 4.69) is 5.32 Å². The van der Waals surface area contributed by atoms with Crippen LogP contribution >= 0.6 is 0 Å². The smallest absolute Gasteiger partial charge is 0.360 e. The summed E-state index contributed by atoms with van der Waals surface area (Å²) in [4.78, 5) is 15.5. The highest BCUT2D eigenvalue weighted by molar-refractivity contribution is 5.94. The van der Waals surface area contributed by atoms with Gasteiger partial charge in [-0.25, -0.2) is 0 Å². The van der Waals surface area contributed by atoms with Crippen LogP contribution in [0.5, 0.6) is 0 Å². The Balaban J connectivity index is 1.31. The van der Waals surface area contributed by atoms with Gasteiger partial charge in [0, 0.05) is 11.4 Å². The number of quaternary nitrogens is 1. The summed E-state index contributed by atoms with van der Waals surface area (Å²) in [7, 11) is 0. The van der Waals surface area contributed by atoms with Gasteiger partial charge in [0.05, 0.1) is 31.7 Å². The third-order valence-corrected chi connectivity index (χ3v) is 5.45. The van der Waals surface area contributed by atoms with Gasteiger partial charge >= 0.3 is 6.18 Å². The van der Waals surface area contributed by atoms with E-state index < -0.39 is 11.7 Å². The lowest BCUT2D eigenvalue weighted by Crippen LogP contribution is -3.15. The molecule has 1 heterocycles. The summed E-state index contributed by atoms with van der Waals surface area (Å²) in [5, 5.41) is 5.13. The lowest BCUT2D eigenvalue weighted by atomic mass is 10.1. The van der Waals surface area contributed by atoms with Crippen molar-refractivity contribution in [2.75, 3.05) is 42.9 Å². The number of fused-ring (bicyclic) bond motifs is 1. The minimum atomic E-state index is -4.34. The van der Waals surface area contributed by atoms with Crippen LogP contribution in [-0.4, -0.2) is 38.6 Å². The molecule has 0 aliphatic carbocycles. The molecule has 1 aliphatic rings. The van der Waals surface area contributed by atoms with E-state index >= 15 is 0 Å². The Morgan fingerprint density at radius 1 is 0.933 bits per heavy atom. The topological polar surface area (TPSA) is 36.8 Å². The number of alkyl halides is 3. The summed E-state index contributed by atoms with van der Waals surface area (Å²) in [6, 6.07) is 19.2. The maximum atomic E-state index is 12.9. The zero-order valence-corrected chi connectivity index (χ0v) is 16.4. The third kappa shape index (κ3) is 4.74. The summed E-state index contributed by atoms with van der Waals surface area (Å²) in [5.74, 6) is -0.0622. The van der Waals surface area contributed by atoms with Gasteiger partial charge in [-0.05, 0) is 41.1 Å². The zero-order valence-electron chi connectivity index (χ0n) is 16.4. The van der Waals surface area contributed by atoms with Crippen LogP contribution in [0.1, 0.15) is 5.56 Å². The molecular formula is C23H23F3N3O+. The Hall–Kier alpha value is -3.06. The van der Waals surface area contributed by atoms with Gasteiger partial charge in [0.1, 0.15) is 0 Å². The number of nitrogens with one attached hydrogen (secondary N) is 2. The van der Waals surface area contributed by atoms with Crippen molar-refractivity contribution in [2.45, 2.75) is 6.18 Å². The number of hydrogen-bond donors (Lipinski definition) is 2. The van der Waals surface area contributed by atoms with E-state index in [0.717, 1.165) is 27.4 Å². The fourth-order valence-electron chi connectivity index (χ4n) is 3.84. The summed E-state index contributed by atoms with van der Waals surface area (Å²) in [6.45, 7) is 2.95. The van der Waals surface area contributed by atoms with Gasteiger partial charge in [0.2, 0.25) is 0 Å². The fraction of sp³-hybridized carbons (Fsp3) is 0.261. The number of anilines is 2. The zero-order chi connectivity index (χ0) is 21.1. The number of carbonyl (C=O) groups excluding carboxylic acids is 1. The molecule has 3 aromatic carbocycles. The molecule has 1 saturated heterocycles. The summed E-state index contributed by atoms with van der Waals surface area (Å²) in [6.07, 6.45) is -4.34. The van der Waals surface area contributed by atoms with E-state index in [1.807, 2.05) is 47.4 Å². The standard InChI is InChI=1S/C23H22F3N3O/c24-23(25,26)19-6-3-7-21(15-19)29-12-10-28(11-13-29)16-22(30)27-20-9-8-17-4-1-2-5-18(17)14-20/h1-9,14-15H,10-13,16H2,(H,27,30)/p+1. The maximum absolute atomic E-state index is 12.9. The van der Waals surface area contributed by atoms with E-state index in [1.54, 1.807) is 6.07 Å². The van der Waals surface area contributed by atoms with Crippen molar-refractivity contribution in [3.63, 3.8) is 0 Å². The van der Waals surface area contributed by atoms with Crippen molar-refractivity contribution >= 4 is 28.1 Å². The van der Waals surface area contributed by atoms with Gasteiger partial charge in [-0.1, -0.05) is 36.4 Å². The van der Waals surface area contributed by atoms with Gasteiger partial charge in [-0.2, -0.15) is 13.2 Å². The van der Waals surface area contributed by atoms with Crippen LogP contribution in [0.3, 0.4) is 0 Å². The summed E-state index contributed by atoms with van der Waals surface area (Å²) in [5.41, 5.74) is 0.703. The highest BCUT2D eigenvalue weighted by Crippen LogP contribution is 2.31. The lowest BCUT2D eigenvalue weighted by molar-refractivity contribution is -0.892. The number of rotatable bonds is 4. The number of halogens is 3. The molecule has 4 nitrogen and oxygen atoms in total. The van der Waals surface area contributed by atoms with E-state index in [4.69, 9.17) is 0 Å². The van der Waals surface area contributed by atoms with E-state index in [-0.39, 0.29) is 5.91 Å². The molecule has 0 bridgehead atoms. The predicted octanol–water partition coefficient (Wildman–Crippen LogP) is 3.20. The number of hydrogen-bond acceptors (Lipinski definition) is 2. The van der Waals surface area contributed by atoms with Crippen molar-refractivity contribution in [3.8, 4) is 0 Å². The molecule has 156 valence electrons. The van der Waals surface area contributed by atoms with Crippen LogP contribution in [0.4, 0.5) is 24.5 Å². The van der Waals surface area contributed by atoms with Gasteiger partial charge in [0.25, 0.3) is 5.91 Å². The molecule has 0 aromatic heterocycles. The highest BCUT2D eigenvalue weighted by atomic mass is 19.4. The number of nitrogens with zero attached hydrogens (tertiary/aromatic N) is 1. The van der Waals surface area contributed by atoms with Crippen LogP contribution < -0.4 is 15.1 Å². The molecule has 0 saturated carbocycles. The molecular weight excluding hydrogens is 391 g/mol. The quantitative estimate of drug-likeness (QED) is 0.688. The normalized spacial score (nSPS) is 15.4. The van der Waals surface area contributed by atoms with Crippen LogP contribution in [0.25, 0.3) is 10.8 Å². The van der Waals surface area contributed by atoms with Gasteiger partial charge < -0.3 is 15.1 Å². The summed E-state index contributed by atoms with van der Waals surface area (Å²) < 4.78 is 38.8. The Morgan fingerprint density at radius 2 is 1.67 bits per heavy atom. The Labute approximate surface area is 172 Å². The molecule has 0 atom stereocenters. The van der Waals surface area contributed by atoms with Crippen LogP contribution in [0, 0.1) is 0 Å². The first kappa shape index (κ1) is 20.2. The van der Waals surface area contributed by atoms with Crippen molar-refractivity contribution in [1.29, 1.82) is 0 Å². The monoisotopic (exact) mass is 414 g/mol. The number of benzene rings is 3. The molecule has 1 amide bonds. The summed E-state index contributed by atoms with van der Waals surface area (Å²) >= 11 is 0. The minimum absolute atomic E-state index is 0.0622. The van der Waals surface area contributed by atoms with E-state index in [0.29, 0.717) is 38.4 Å². The Morgan fingerprint density at radius 3 is 2.40 bits per heavy atom. The number of carbonyl (C=O) groups is 1. The predicted molar refractivity (Wildman–Crippen MR) is 112 cm³/mol. The maximum Gasteiger partial charge on any atom is 0.416 e. The largest absolute Gasteiger partial charge is 0.416 e. The van der Waals surface area contributed by atoms with Gasteiger partial charge in [-0.15, -0.1) is 0 Å². The Bertz CT molecular complexity index is 1040. The molecule has 0 spiro atoms. The minimum Gasteiger partial charge on any atom is -0.360 e. The van der Waals surface area contributed by atoms with Crippen LogP contribution in [0.15, 0.2) is 66.7 Å². The molecule has 7 heteroatoms. The second-order valence-electron chi connectivity index (χ2n) is 7.57. The number of amides is 1. The van der Waals surface area contributed by atoms with Crippen molar-refractivity contribution in [2.24, 2.45) is 0 Å². The highest BCUT2D eigenvalue weighted by Gasteiger charge is 2.31. The average Bonchev–Trinajstić information content (AvgIpc) is 2.73. The van der Waals surface area contributed by atoms with Gasteiger partial charge in [0.15, 0.2) is 6.54 Å². The molecule has 0 unspecified atom stereocenters.